The molecule has 0 fully saturated rings. The van der Waals surface area contributed by atoms with Crippen LogP contribution in [0, 0.1) is 0 Å². The maximum atomic E-state index is 12.0. The van der Waals surface area contributed by atoms with Crippen molar-refractivity contribution in [1.29, 1.82) is 0 Å². The molecule has 0 aliphatic rings. The average Bonchev–Trinajstić information content (AvgIpc) is 2.82. The van der Waals surface area contributed by atoms with Crippen molar-refractivity contribution in [1.82, 2.24) is 9.78 Å². The number of nitrogens with one attached hydrogen (secondary N) is 1. The van der Waals surface area contributed by atoms with E-state index in [-0.39, 0.29) is 11.2 Å². The van der Waals surface area contributed by atoms with Gasteiger partial charge in [0.15, 0.2) is 0 Å². The molecular formula is C14H17N3OS. The minimum absolute atomic E-state index is 0.00827. The summed E-state index contributed by atoms with van der Waals surface area (Å²) >= 11 is 1.62. The minimum atomic E-state index is -0.0968. The lowest BCUT2D eigenvalue weighted by Crippen LogP contribution is -2.22. The molecule has 0 aliphatic carbocycles. The molecule has 0 radical (unpaired) electrons. The summed E-state index contributed by atoms with van der Waals surface area (Å²) in [5, 5.41) is 6.78. The highest BCUT2D eigenvalue weighted by atomic mass is 32.2. The zero-order chi connectivity index (χ0) is 13.7. The van der Waals surface area contributed by atoms with Gasteiger partial charge in [0.1, 0.15) is 0 Å². The number of benzene rings is 1. The van der Waals surface area contributed by atoms with Crippen LogP contribution in [0.2, 0.25) is 0 Å². The summed E-state index contributed by atoms with van der Waals surface area (Å²) in [5.74, 6) is 0.844. The van der Waals surface area contributed by atoms with Crippen molar-refractivity contribution in [2.75, 3.05) is 5.32 Å². The number of aryl methyl sites for hydroxylation is 1. The Morgan fingerprint density at radius 2 is 2.16 bits per heavy atom. The summed E-state index contributed by atoms with van der Waals surface area (Å²) in [7, 11) is 1.82. The van der Waals surface area contributed by atoms with E-state index in [4.69, 9.17) is 0 Å². The smallest absolute Gasteiger partial charge is 0.237 e. The van der Waals surface area contributed by atoms with E-state index in [0.29, 0.717) is 0 Å². The summed E-state index contributed by atoms with van der Waals surface area (Å²) in [6, 6.07) is 10.1. The lowest BCUT2D eigenvalue weighted by molar-refractivity contribution is -0.115. The second kappa shape index (κ2) is 6.43. The van der Waals surface area contributed by atoms with Gasteiger partial charge in [-0.25, -0.2) is 0 Å². The molecule has 0 spiro atoms. The number of anilines is 1. The van der Waals surface area contributed by atoms with Crippen LogP contribution in [0.15, 0.2) is 42.7 Å². The van der Waals surface area contributed by atoms with Gasteiger partial charge in [0.2, 0.25) is 5.91 Å². The van der Waals surface area contributed by atoms with E-state index in [2.05, 4.69) is 22.5 Å². The van der Waals surface area contributed by atoms with Gasteiger partial charge in [0, 0.05) is 19.0 Å². The van der Waals surface area contributed by atoms with Crippen LogP contribution in [-0.4, -0.2) is 20.9 Å². The monoisotopic (exact) mass is 275 g/mol. The van der Waals surface area contributed by atoms with Gasteiger partial charge in [-0.15, -0.1) is 11.8 Å². The van der Waals surface area contributed by atoms with Gasteiger partial charge in [0.05, 0.1) is 17.1 Å². The second-order valence-corrected chi connectivity index (χ2v) is 5.66. The molecule has 4 nitrogen and oxygen atoms in total. The molecule has 1 atom stereocenters. The molecular weight excluding hydrogens is 258 g/mol. The number of hydrogen-bond donors (Lipinski definition) is 1. The molecule has 2 rings (SSSR count). The zero-order valence-corrected chi connectivity index (χ0v) is 11.9. The van der Waals surface area contributed by atoms with E-state index < -0.39 is 0 Å². The highest BCUT2D eigenvalue weighted by Crippen LogP contribution is 2.18. The average molecular weight is 275 g/mol. The number of hydrogen-bond acceptors (Lipinski definition) is 3. The van der Waals surface area contributed by atoms with E-state index in [1.165, 1.54) is 5.56 Å². The van der Waals surface area contributed by atoms with Gasteiger partial charge in [-0.3, -0.25) is 9.48 Å². The Labute approximate surface area is 117 Å². The van der Waals surface area contributed by atoms with Crippen LogP contribution in [0.3, 0.4) is 0 Å². The van der Waals surface area contributed by atoms with E-state index in [1.807, 2.05) is 32.2 Å². The first-order valence-electron chi connectivity index (χ1n) is 6.10. The molecule has 1 N–H and O–H groups in total. The quantitative estimate of drug-likeness (QED) is 0.912. The molecule has 2 aromatic rings. The SMILES string of the molecule is CC(SCc1ccccc1)C(=O)Nc1cnn(C)c1. The Kier molecular flexibility index (Phi) is 4.63. The van der Waals surface area contributed by atoms with Crippen LogP contribution in [0.4, 0.5) is 5.69 Å². The molecule has 1 aromatic carbocycles. The number of nitrogens with zero attached hydrogens (tertiary/aromatic N) is 2. The van der Waals surface area contributed by atoms with Crippen molar-refractivity contribution in [3.05, 3.63) is 48.3 Å². The van der Waals surface area contributed by atoms with E-state index in [0.717, 1.165) is 11.4 Å². The first kappa shape index (κ1) is 13.7. The molecule has 19 heavy (non-hydrogen) atoms. The third-order valence-corrected chi connectivity index (χ3v) is 3.90. The molecule has 1 aromatic heterocycles. The molecule has 1 unspecified atom stereocenters. The largest absolute Gasteiger partial charge is 0.322 e. The maximum Gasteiger partial charge on any atom is 0.237 e. The zero-order valence-electron chi connectivity index (χ0n) is 11.0. The maximum absolute atomic E-state index is 12.0. The van der Waals surface area contributed by atoms with Crippen LogP contribution < -0.4 is 5.32 Å². The van der Waals surface area contributed by atoms with Crippen LogP contribution >= 0.6 is 11.8 Å². The topological polar surface area (TPSA) is 46.9 Å². The Hall–Kier alpha value is -1.75. The van der Waals surface area contributed by atoms with Crippen molar-refractivity contribution < 1.29 is 4.79 Å². The summed E-state index contributed by atoms with van der Waals surface area (Å²) < 4.78 is 1.66. The van der Waals surface area contributed by atoms with E-state index >= 15 is 0 Å². The summed E-state index contributed by atoms with van der Waals surface area (Å²) in [4.78, 5) is 12.0. The minimum Gasteiger partial charge on any atom is -0.322 e. The molecule has 100 valence electrons. The standard InChI is InChI=1S/C14H17N3OS/c1-11(19-10-12-6-4-3-5-7-12)14(18)16-13-8-15-17(2)9-13/h3-9,11H,10H2,1-2H3,(H,16,18). The second-order valence-electron chi connectivity index (χ2n) is 4.33. The predicted molar refractivity (Wildman–Crippen MR) is 79.0 cm³/mol. The van der Waals surface area contributed by atoms with Gasteiger partial charge in [-0.05, 0) is 12.5 Å². The number of amides is 1. The Balaban J connectivity index is 1.82. The Morgan fingerprint density at radius 1 is 1.42 bits per heavy atom. The summed E-state index contributed by atoms with van der Waals surface area (Å²) in [6.07, 6.45) is 3.43. The number of carbonyl (C=O) groups excluding carboxylic acids is 1. The molecule has 0 bridgehead atoms. The molecule has 0 aliphatic heterocycles. The van der Waals surface area contributed by atoms with Crippen molar-refractivity contribution in [3.8, 4) is 0 Å². The van der Waals surface area contributed by atoms with Gasteiger partial charge < -0.3 is 5.32 Å². The van der Waals surface area contributed by atoms with Crippen LogP contribution in [0.5, 0.6) is 0 Å². The summed E-state index contributed by atoms with van der Waals surface area (Å²) in [6.45, 7) is 1.92. The highest BCUT2D eigenvalue weighted by molar-refractivity contribution is 7.99. The lowest BCUT2D eigenvalue weighted by Gasteiger charge is -2.10. The van der Waals surface area contributed by atoms with Crippen molar-refractivity contribution >= 4 is 23.4 Å². The van der Waals surface area contributed by atoms with E-state index in [9.17, 15) is 4.79 Å². The molecule has 0 saturated heterocycles. The van der Waals surface area contributed by atoms with Gasteiger partial charge >= 0.3 is 0 Å². The third kappa shape index (κ3) is 4.13. The summed E-state index contributed by atoms with van der Waals surface area (Å²) in [5.41, 5.74) is 1.97. The molecule has 5 heteroatoms. The fourth-order valence-corrected chi connectivity index (χ4v) is 2.45. The molecule has 1 heterocycles. The lowest BCUT2D eigenvalue weighted by atomic mass is 10.2. The van der Waals surface area contributed by atoms with Gasteiger partial charge in [0.25, 0.3) is 0 Å². The van der Waals surface area contributed by atoms with Crippen molar-refractivity contribution in [3.63, 3.8) is 0 Å². The number of aromatic nitrogens is 2. The Morgan fingerprint density at radius 3 is 2.79 bits per heavy atom. The predicted octanol–water partition coefficient (Wildman–Crippen LogP) is 2.68. The third-order valence-electron chi connectivity index (χ3n) is 2.68. The first-order chi connectivity index (χ1) is 9.15. The number of carbonyl (C=O) groups is 1. The number of thioether (sulfide) groups is 1. The van der Waals surface area contributed by atoms with E-state index in [1.54, 1.807) is 28.8 Å². The first-order valence-corrected chi connectivity index (χ1v) is 7.15. The van der Waals surface area contributed by atoms with Crippen LogP contribution in [-0.2, 0) is 17.6 Å². The van der Waals surface area contributed by atoms with Crippen LogP contribution in [0.1, 0.15) is 12.5 Å². The highest BCUT2D eigenvalue weighted by Gasteiger charge is 2.14. The molecule has 0 saturated carbocycles. The Bertz CT molecular complexity index is 539. The number of rotatable bonds is 5. The van der Waals surface area contributed by atoms with Crippen molar-refractivity contribution in [2.24, 2.45) is 7.05 Å². The fraction of sp³-hybridized carbons (Fsp3) is 0.286. The van der Waals surface area contributed by atoms with Gasteiger partial charge in [-0.2, -0.15) is 5.10 Å². The molecule has 1 amide bonds. The fourth-order valence-electron chi connectivity index (χ4n) is 1.60. The van der Waals surface area contributed by atoms with Crippen LogP contribution in [0.25, 0.3) is 0 Å². The van der Waals surface area contributed by atoms with Gasteiger partial charge in [-0.1, -0.05) is 30.3 Å². The normalized spacial score (nSPS) is 12.1. The van der Waals surface area contributed by atoms with Crippen molar-refractivity contribution in [2.45, 2.75) is 17.9 Å².